The van der Waals surface area contributed by atoms with Gasteiger partial charge in [-0.15, -0.1) is 24.0 Å². The minimum atomic E-state index is -0.153. The normalized spacial score (nSPS) is 19.5. The number of ether oxygens (including phenoxy) is 1. The average molecular weight is 483 g/mol. The number of carbonyl (C=O) groups excluding carboxylic acids is 1. The van der Waals surface area contributed by atoms with Crippen LogP contribution in [0, 0.1) is 11.8 Å². The summed E-state index contributed by atoms with van der Waals surface area (Å²) in [6.45, 7) is 4.09. The number of likely N-dealkylation sites (tertiary alicyclic amines) is 1. The monoisotopic (exact) mass is 483 g/mol. The van der Waals surface area contributed by atoms with Crippen molar-refractivity contribution in [1.82, 2.24) is 20.0 Å². The van der Waals surface area contributed by atoms with Crippen LogP contribution >= 0.6 is 24.0 Å². The molecule has 2 heterocycles. The van der Waals surface area contributed by atoms with Gasteiger partial charge in [0.05, 0.1) is 24.9 Å². The van der Waals surface area contributed by atoms with Crippen LogP contribution in [-0.2, 0) is 16.1 Å². The Hall–Kier alpha value is -2.10. The molecule has 2 aromatic rings. The minimum absolute atomic E-state index is 0. The van der Waals surface area contributed by atoms with Crippen LogP contribution in [0.3, 0.4) is 0 Å². The van der Waals surface area contributed by atoms with Gasteiger partial charge < -0.3 is 15.0 Å². The van der Waals surface area contributed by atoms with E-state index < -0.39 is 0 Å². The molecule has 1 aliphatic heterocycles. The molecule has 0 aliphatic carbocycles. The van der Waals surface area contributed by atoms with E-state index in [0.29, 0.717) is 13.1 Å². The van der Waals surface area contributed by atoms with Crippen LogP contribution in [0.1, 0.15) is 12.5 Å². The lowest BCUT2D eigenvalue weighted by atomic mass is 9.99. The molecule has 0 saturated carbocycles. The van der Waals surface area contributed by atoms with Gasteiger partial charge in [0.15, 0.2) is 5.96 Å². The Morgan fingerprint density at radius 3 is 2.74 bits per heavy atom. The molecule has 0 amide bonds. The first kappa shape index (κ1) is 21.2. The van der Waals surface area contributed by atoms with Crippen molar-refractivity contribution in [3.05, 3.63) is 48.3 Å². The van der Waals surface area contributed by atoms with Gasteiger partial charge >= 0.3 is 5.97 Å². The van der Waals surface area contributed by atoms with Crippen molar-refractivity contribution in [2.75, 3.05) is 27.2 Å². The molecule has 1 aromatic heterocycles. The van der Waals surface area contributed by atoms with Gasteiger partial charge in [0, 0.05) is 38.4 Å². The third kappa shape index (κ3) is 5.00. The number of hydrogen-bond donors (Lipinski definition) is 1. The topological polar surface area (TPSA) is 71.8 Å². The average Bonchev–Trinajstić information content (AvgIpc) is 3.29. The number of aromatic nitrogens is 2. The fraction of sp³-hybridized carbons (Fsp3) is 0.421. The van der Waals surface area contributed by atoms with E-state index in [9.17, 15) is 4.79 Å². The summed E-state index contributed by atoms with van der Waals surface area (Å²) in [7, 11) is 3.20. The zero-order valence-corrected chi connectivity index (χ0v) is 18.2. The van der Waals surface area contributed by atoms with Gasteiger partial charge in [-0.25, -0.2) is 4.68 Å². The van der Waals surface area contributed by atoms with Crippen molar-refractivity contribution in [2.45, 2.75) is 13.5 Å². The van der Waals surface area contributed by atoms with E-state index in [1.54, 1.807) is 7.05 Å². The summed E-state index contributed by atoms with van der Waals surface area (Å²) in [6.07, 6.45) is 3.84. The Bertz CT molecular complexity index is 777. The molecule has 0 radical (unpaired) electrons. The molecule has 0 bridgehead atoms. The molecule has 27 heavy (non-hydrogen) atoms. The minimum Gasteiger partial charge on any atom is -0.469 e. The summed E-state index contributed by atoms with van der Waals surface area (Å²) in [5, 5.41) is 7.77. The number of carbonyl (C=O) groups is 1. The zero-order valence-electron chi connectivity index (χ0n) is 15.8. The SMILES string of the molecule is CN=C(NCc1cnn(-c2ccccc2)c1)N1CC(C)C(C(=O)OC)C1.I. The number of hydrogen-bond acceptors (Lipinski definition) is 4. The molecule has 1 N–H and O–H groups in total. The number of methoxy groups -OCH3 is 1. The molecule has 2 unspecified atom stereocenters. The van der Waals surface area contributed by atoms with Crippen LogP contribution in [0.2, 0.25) is 0 Å². The fourth-order valence-electron chi connectivity index (χ4n) is 3.28. The summed E-state index contributed by atoms with van der Waals surface area (Å²) in [4.78, 5) is 18.3. The quantitative estimate of drug-likeness (QED) is 0.313. The molecule has 7 nitrogen and oxygen atoms in total. The third-order valence-electron chi connectivity index (χ3n) is 4.74. The van der Waals surface area contributed by atoms with E-state index in [2.05, 4.69) is 27.2 Å². The summed E-state index contributed by atoms with van der Waals surface area (Å²) in [5.41, 5.74) is 2.09. The number of nitrogens with zero attached hydrogens (tertiary/aromatic N) is 4. The van der Waals surface area contributed by atoms with Crippen molar-refractivity contribution in [1.29, 1.82) is 0 Å². The standard InChI is InChI=1S/C19H25N5O2.HI/c1-14-11-23(13-17(14)18(25)26-3)19(20-2)21-9-15-10-22-24(12-15)16-7-5-4-6-8-16;/h4-8,10,12,14,17H,9,11,13H2,1-3H3,(H,20,21);1H. The molecule has 1 aliphatic rings. The summed E-state index contributed by atoms with van der Waals surface area (Å²) in [5.74, 6) is 0.761. The van der Waals surface area contributed by atoms with Crippen molar-refractivity contribution in [3.63, 3.8) is 0 Å². The molecule has 1 fully saturated rings. The second-order valence-corrected chi connectivity index (χ2v) is 6.54. The van der Waals surface area contributed by atoms with Crippen molar-refractivity contribution >= 4 is 35.9 Å². The maximum absolute atomic E-state index is 11.9. The smallest absolute Gasteiger partial charge is 0.310 e. The molecule has 8 heteroatoms. The van der Waals surface area contributed by atoms with E-state index in [-0.39, 0.29) is 41.8 Å². The highest BCUT2D eigenvalue weighted by molar-refractivity contribution is 14.0. The predicted octanol–water partition coefficient (Wildman–Crippen LogP) is 2.31. The van der Waals surface area contributed by atoms with Crippen molar-refractivity contribution < 1.29 is 9.53 Å². The largest absolute Gasteiger partial charge is 0.469 e. The Kier molecular flexibility index (Phi) is 7.64. The summed E-state index contributed by atoms with van der Waals surface area (Å²) < 4.78 is 6.76. The van der Waals surface area contributed by atoms with E-state index in [1.807, 2.05) is 47.4 Å². The molecule has 146 valence electrons. The molecule has 2 atom stereocenters. The number of nitrogens with one attached hydrogen (secondary N) is 1. The van der Waals surface area contributed by atoms with Crippen LogP contribution < -0.4 is 5.32 Å². The first-order chi connectivity index (χ1) is 12.6. The second-order valence-electron chi connectivity index (χ2n) is 6.54. The Balaban J connectivity index is 0.00000261. The number of guanidine groups is 1. The maximum Gasteiger partial charge on any atom is 0.310 e. The molecular formula is C19H26IN5O2. The van der Waals surface area contributed by atoms with E-state index in [1.165, 1.54) is 7.11 Å². The lowest BCUT2D eigenvalue weighted by molar-refractivity contribution is -0.145. The predicted molar refractivity (Wildman–Crippen MR) is 115 cm³/mol. The highest BCUT2D eigenvalue weighted by atomic mass is 127. The van der Waals surface area contributed by atoms with E-state index in [4.69, 9.17) is 4.74 Å². The maximum atomic E-state index is 11.9. The Morgan fingerprint density at radius 2 is 2.07 bits per heavy atom. The number of halogens is 1. The van der Waals surface area contributed by atoms with E-state index >= 15 is 0 Å². The number of para-hydroxylation sites is 1. The van der Waals surface area contributed by atoms with Crippen LogP contribution in [0.5, 0.6) is 0 Å². The number of rotatable bonds is 4. The number of benzene rings is 1. The van der Waals surface area contributed by atoms with Gasteiger partial charge in [-0.05, 0) is 18.1 Å². The fourth-order valence-corrected chi connectivity index (χ4v) is 3.28. The number of esters is 1. The van der Waals surface area contributed by atoms with Gasteiger partial charge in [-0.3, -0.25) is 9.79 Å². The zero-order chi connectivity index (χ0) is 18.5. The van der Waals surface area contributed by atoms with Crippen LogP contribution in [0.25, 0.3) is 5.69 Å². The molecular weight excluding hydrogens is 457 g/mol. The first-order valence-electron chi connectivity index (χ1n) is 8.74. The van der Waals surface area contributed by atoms with Crippen LogP contribution in [-0.4, -0.2) is 53.9 Å². The third-order valence-corrected chi connectivity index (χ3v) is 4.74. The number of aliphatic imine (C=N–C) groups is 1. The molecule has 1 saturated heterocycles. The highest BCUT2D eigenvalue weighted by Gasteiger charge is 2.36. The summed E-state index contributed by atoms with van der Waals surface area (Å²) >= 11 is 0. The van der Waals surface area contributed by atoms with Crippen molar-refractivity contribution in [3.8, 4) is 5.69 Å². The van der Waals surface area contributed by atoms with E-state index in [0.717, 1.165) is 23.8 Å². The van der Waals surface area contributed by atoms with Gasteiger partial charge in [-0.2, -0.15) is 5.10 Å². The van der Waals surface area contributed by atoms with Gasteiger partial charge in [-0.1, -0.05) is 25.1 Å². The van der Waals surface area contributed by atoms with Crippen molar-refractivity contribution in [2.24, 2.45) is 16.8 Å². The molecule has 3 rings (SSSR count). The van der Waals surface area contributed by atoms with Gasteiger partial charge in [0.1, 0.15) is 0 Å². The summed E-state index contributed by atoms with van der Waals surface area (Å²) in [6, 6.07) is 9.99. The van der Waals surface area contributed by atoms with Gasteiger partial charge in [0.25, 0.3) is 0 Å². The molecule has 0 spiro atoms. The van der Waals surface area contributed by atoms with Gasteiger partial charge in [0.2, 0.25) is 0 Å². The van der Waals surface area contributed by atoms with Crippen LogP contribution in [0.4, 0.5) is 0 Å². The second kappa shape index (κ2) is 9.72. The van der Waals surface area contributed by atoms with Crippen LogP contribution in [0.15, 0.2) is 47.7 Å². The lowest BCUT2D eigenvalue weighted by Gasteiger charge is -2.21. The lowest BCUT2D eigenvalue weighted by Crippen LogP contribution is -2.40. The Labute approximate surface area is 176 Å². The highest BCUT2D eigenvalue weighted by Crippen LogP contribution is 2.24. The first-order valence-corrected chi connectivity index (χ1v) is 8.74. The Morgan fingerprint density at radius 1 is 1.33 bits per heavy atom. The molecule has 1 aromatic carbocycles.